The molecule has 1 rings (SSSR count). The average Bonchev–Trinajstić information content (AvgIpc) is 2.15. The Bertz CT molecular complexity index is 323. The zero-order valence-corrected chi connectivity index (χ0v) is 8.10. The van der Waals surface area contributed by atoms with E-state index < -0.39 is 7.12 Å². The zero-order valence-electron chi connectivity index (χ0n) is 8.10. The molecule has 1 aromatic carbocycles. The molecule has 0 saturated heterocycles. The Labute approximate surface area is 83.8 Å². The van der Waals surface area contributed by atoms with E-state index in [0.29, 0.717) is 17.8 Å². The minimum Gasteiger partial charge on any atom is -0.489 e. The molecule has 74 valence electrons. The Morgan fingerprint density at radius 2 is 2.21 bits per heavy atom. The molecule has 0 aliphatic rings. The van der Waals surface area contributed by atoms with Gasteiger partial charge in [-0.3, -0.25) is 0 Å². The summed E-state index contributed by atoms with van der Waals surface area (Å²) in [5, 5.41) is 17.8. The predicted octanol–water partition coefficient (Wildman–Crippen LogP) is 0.321. The van der Waals surface area contributed by atoms with Gasteiger partial charge in [0, 0.05) is 0 Å². The summed E-state index contributed by atoms with van der Waals surface area (Å²) >= 11 is 0. The molecule has 0 bridgehead atoms. The van der Waals surface area contributed by atoms with Gasteiger partial charge in [-0.2, -0.15) is 0 Å². The summed E-state index contributed by atoms with van der Waals surface area (Å²) in [6.07, 6.45) is 0. The lowest BCUT2D eigenvalue weighted by Crippen LogP contribution is -2.29. The van der Waals surface area contributed by atoms with Gasteiger partial charge in [-0.05, 0) is 30.1 Å². The molecule has 4 heteroatoms. The van der Waals surface area contributed by atoms with Crippen LogP contribution < -0.4 is 10.2 Å². The monoisotopic (exact) mass is 192 g/mol. The second-order valence-corrected chi connectivity index (χ2v) is 3.19. The molecule has 2 N–H and O–H groups in total. The van der Waals surface area contributed by atoms with Crippen molar-refractivity contribution in [3.8, 4) is 5.75 Å². The first-order chi connectivity index (χ1) is 6.59. The summed E-state index contributed by atoms with van der Waals surface area (Å²) in [7, 11) is -1.46. The maximum Gasteiger partial charge on any atom is 0.488 e. The van der Waals surface area contributed by atoms with Crippen molar-refractivity contribution in [1.82, 2.24) is 0 Å². The molecule has 0 radical (unpaired) electrons. The van der Waals surface area contributed by atoms with Gasteiger partial charge >= 0.3 is 7.12 Å². The van der Waals surface area contributed by atoms with Crippen LogP contribution in [0.3, 0.4) is 0 Å². The van der Waals surface area contributed by atoms with Gasteiger partial charge < -0.3 is 14.8 Å². The molecule has 3 nitrogen and oxygen atoms in total. The topological polar surface area (TPSA) is 49.7 Å². The van der Waals surface area contributed by atoms with Crippen molar-refractivity contribution in [1.29, 1.82) is 0 Å². The smallest absolute Gasteiger partial charge is 0.488 e. The van der Waals surface area contributed by atoms with E-state index in [1.807, 2.05) is 6.92 Å². The van der Waals surface area contributed by atoms with E-state index in [1.54, 1.807) is 24.3 Å². The number of benzene rings is 1. The summed E-state index contributed by atoms with van der Waals surface area (Å²) in [5.74, 6) is 0.610. The van der Waals surface area contributed by atoms with Crippen LogP contribution in [-0.4, -0.2) is 23.8 Å². The van der Waals surface area contributed by atoms with Gasteiger partial charge in [-0.15, -0.1) is 0 Å². The van der Waals surface area contributed by atoms with Crippen molar-refractivity contribution >= 4 is 12.6 Å². The van der Waals surface area contributed by atoms with Gasteiger partial charge in [0.1, 0.15) is 12.4 Å². The van der Waals surface area contributed by atoms with Crippen molar-refractivity contribution in [2.24, 2.45) is 0 Å². The Hall–Kier alpha value is -1.26. The van der Waals surface area contributed by atoms with Gasteiger partial charge in [0.15, 0.2) is 0 Å². The van der Waals surface area contributed by atoms with E-state index in [4.69, 9.17) is 14.8 Å². The fraction of sp³-hybridized carbons (Fsp3) is 0.200. The highest BCUT2D eigenvalue weighted by Gasteiger charge is 2.10. The highest BCUT2D eigenvalue weighted by molar-refractivity contribution is 6.58. The van der Waals surface area contributed by atoms with E-state index in [2.05, 4.69) is 6.58 Å². The molecule has 0 heterocycles. The van der Waals surface area contributed by atoms with E-state index in [1.165, 1.54) is 0 Å². The fourth-order valence-corrected chi connectivity index (χ4v) is 0.971. The highest BCUT2D eigenvalue weighted by atomic mass is 16.5. The first-order valence-corrected chi connectivity index (χ1v) is 4.33. The molecule has 0 aliphatic carbocycles. The first-order valence-electron chi connectivity index (χ1n) is 4.33. The molecule has 0 fully saturated rings. The molecule has 0 spiro atoms. The third-order valence-electron chi connectivity index (χ3n) is 1.64. The van der Waals surface area contributed by atoms with Crippen LogP contribution in [0.2, 0.25) is 0 Å². The Morgan fingerprint density at radius 3 is 2.79 bits per heavy atom. The molecular weight excluding hydrogens is 179 g/mol. The summed E-state index contributed by atoms with van der Waals surface area (Å²) in [5.41, 5.74) is 1.34. The van der Waals surface area contributed by atoms with E-state index in [0.717, 1.165) is 5.57 Å². The fourth-order valence-electron chi connectivity index (χ4n) is 0.971. The van der Waals surface area contributed by atoms with Crippen LogP contribution in [0.15, 0.2) is 36.4 Å². The van der Waals surface area contributed by atoms with Crippen LogP contribution in [0.25, 0.3) is 0 Å². The normalized spacial score (nSPS) is 9.64. The lowest BCUT2D eigenvalue weighted by Gasteiger charge is -2.07. The molecule has 14 heavy (non-hydrogen) atoms. The second-order valence-electron chi connectivity index (χ2n) is 3.19. The SMILES string of the molecule is C=C(C)COc1cccc(B(O)O)c1. The number of ether oxygens (including phenoxy) is 1. The van der Waals surface area contributed by atoms with Gasteiger partial charge in [0.25, 0.3) is 0 Å². The molecular formula is C10H13BO3. The lowest BCUT2D eigenvalue weighted by molar-refractivity contribution is 0.352. The maximum atomic E-state index is 8.91. The first kappa shape index (κ1) is 10.8. The van der Waals surface area contributed by atoms with Crippen LogP contribution in [0.4, 0.5) is 0 Å². The van der Waals surface area contributed by atoms with Gasteiger partial charge in [0.05, 0.1) is 0 Å². The van der Waals surface area contributed by atoms with Crippen LogP contribution in [0.1, 0.15) is 6.92 Å². The van der Waals surface area contributed by atoms with E-state index in [9.17, 15) is 0 Å². The summed E-state index contributed by atoms with van der Waals surface area (Å²) in [6, 6.07) is 6.68. The quantitative estimate of drug-likeness (QED) is 0.533. The third kappa shape index (κ3) is 3.24. The van der Waals surface area contributed by atoms with Crippen molar-refractivity contribution in [3.05, 3.63) is 36.4 Å². The number of rotatable bonds is 4. The molecule has 0 aromatic heterocycles. The minimum atomic E-state index is -1.46. The van der Waals surface area contributed by atoms with Gasteiger partial charge in [-0.25, -0.2) is 0 Å². The molecule has 0 saturated carbocycles. The molecule has 0 aliphatic heterocycles. The number of hydrogen-bond donors (Lipinski definition) is 2. The van der Waals surface area contributed by atoms with Crippen LogP contribution in [-0.2, 0) is 0 Å². The standard InChI is InChI=1S/C10H13BO3/c1-8(2)7-14-10-5-3-4-9(6-10)11(12)13/h3-6,12-13H,1,7H2,2H3. The molecule has 1 aromatic rings. The summed E-state index contributed by atoms with van der Waals surface area (Å²) < 4.78 is 5.34. The highest BCUT2D eigenvalue weighted by Crippen LogP contribution is 2.08. The van der Waals surface area contributed by atoms with Crippen molar-refractivity contribution in [3.63, 3.8) is 0 Å². The Kier molecular flexibility index (Phi) is 3.74. The zero-order chi connectivity index (χ0) is 10.6. The second kappa shape index (κ2) is 4.84. The largest absolute Gasteiger partial charge is 0.489 e. The summed E-state index contributed by atoms with van der Waals surface area (Å²) in [6.45, 7) is 6.01. The Balaban J connectivity index is 2.68. The Morgan fingerprint density at radius 1 is 1.50 bits per heavy atom. The minimum absolute atomic E-state index is 0.421. The van der Waals surface area contributed by atoms with Crippen molar-refractivity contribution in [2.75, 3.05) is 6.61 Å². The average molecular weight is 192 g/mol. The number of hydrogen-bond acceptors (Lipinski definition) is 3. The molecule has 0 amide bonds. The summed E-state index contributed by atoms with van der Waals surface area (Å²) in [4.78, 5) is 0. The van der Waals surface area contributed by atoms with Crippen molar-refractivity contribution < 1.29 is 14.8 Å². The van der Waals surface area contributed by atoms with Crippen molar-refractivity contribution in [2.45, 2.75) is 6.92 Å². The van der Waals surface area contributed by atoms with E-state index in [-0.39, 0.29) is 0 Å². The van der Waals surface area contributed by atoms with Gasteiger partial charge in [-0.1, -0.05) is 18.7 Å². The van der Waals surface area contributed by atoms with Crippen LogP contribution in [0, 0.1) is 0 Å². The maximum absolute atomic E-state index is 8.91. The van der Waals surface area contributed by atoms with E-state index >= 15 is 0 Å². The van der Waals surface area contributed by atoms with Crippen LogP contribution in [0.5, 0.6) is 5.75 Å². The third-order valence-corrected chi connectivity index (χ3v) is 1.64. The van der Waals surface area contributed by atoms with Crippen LogP contribution >= 0.6 is 0 Å². The molecule has 0 atom stereocenters. The lowest BCUT2D eigenvalue weighted by atomic mass is 9.80. The van der Waals surface area contributed by atoms with Gasteiger partial charge in [0.2, 0.25) is 0 Å². The predicted molar refractivity (Wildman–Crippen MR) is 56.6 cm³/mol. The molecule has 0 unspecified atom stereocenters.